The number of halogens is 1. The molecule has 6 nitrogen and oxygen atoms in total. The Kier molecular flexibility index (Phi) is 5.58. The molecule has 2 aliphatic heterocycles. The van der Waals surface area contributed by atoms with Crippen LogP contribution in [-0.2, 0) is 11.2 Å². The van der Waals surface area contributed by atoms with Gasteiger partial charge in [0.1, 0.15) is 5.82 Å². The van der Waals surface area contributed by atoms with Crippen LogP contribution >= 0.6 is 12.4 Å². The van der Waals surface area contributed by atoms with Gasteiger partial charge in [0, 0.05) is 45.0 Å². The molecule has 7 heteroatoms. The van der Waals surface area contributed by atoms with Gasteiger partial charge in [0.05, 0.1) is 6.42 Å². The number of amides is 1. The fourth-order valence-electron chi connectivity index (χ4n) is 2.91. The van der Waals surface area contributed by atoms with E-state index in [4.69, 9.17) is 0 Å². The standard InChI is InChI=1S/C15H23N5O.ClH/c1-3-4-5-19-6-8-20(9-7-19)15-16-11-12-10-13(21)18(2)14(12)17-15;/h11H,3-10H2,1-2H3;1H. The number of likely N-dealkylation sites (N-methyl/N-ethyl adjacent to an activating group) is 1. The van der Waals surface area contributed by atoms with Gasteiger partial charge in [-0.1, -0.05) is 13.3 Å². The van der Waals surface area contributed by atoms with Crippen molar-refractivity contribution in [2.75, 3.05) is 49.6 Å². The van der Waals surface area contributed by atoms with Gasteiger partial charge in [-0.2, -0.15) is 4.98 Å². The first-order valence-corrected chi connectivity index (χ1v) is 7.79. The molecule has 22 heavy (non-hydrogen) atoms. The SMILES string of the molecule is CCCCN1CCN(c2ncc3c(n2)N(C)C(=O)C3)CC1.Cl. The van der Waals surface area contributed by atoms with Crippen LogP contribution in [0, 0.1) is 0 Å². The summed E-state index contributed by atoms with van der Waals surface area (Å²) < 4.78 is 0. The minimum Gasteiger partial charge on any atom is -0.338 e. The lowest BCUT2D eigenvalue weighted by atomic mass is 10.2. The highest BCUT2D eigenvalue weighted by Crippen LogP contribution is 2.26. The van der Waals surface area contributed by atoms with Crippen molar-refractivity contribution in [3.63, 3.8) is 0 Å². The predicted molar refractivity (Wildman–Crippen MR) is 90.0 cm³/mol. The Hall–Kier alpha value is -1.40. The van der Waals surface area contributed by atoms with E-state index in [2.05, 4.69) is 26.7 Å². The molecule has 1 saturated heterocycles. The van der Waals surface area contributed by atoms with E-state index in [0.29, 0.717) is 6.42 Å². The predicted octanol–water partition coefficient (Wildman–Crippen LogP) is 1.34. The van der Waals surface area contributed by atoms with Crippen LogP contribution in [0.5, 0.6) is 0 Å². The molecule has 0 aliphatic carbocycles. The lowest BCUT2D eigenvalue weighted by Gasteiger charge is -2.34. The van der Waals surface area contributed by atoms with Crippen molar-refractivity contribution in [2.24, 2.45) is 0 Å². The van der Waals surface area contributed by atoms with Gasteiger partial charge in [-0.25, -0.2) is 4.98 Å². The summed E-state index contributed by atoms with van der Waals surface area (Å²) in [5, 5.41) is 0. The molecule has 1 fully saturated rings. The Morgan fingerprint density at radius 2 is 1.95 bits per heavy atom. The number of carbonyl (C=O) groups is 1. The summed E-state index contributed by atoms with van der Waals surface area (Å²) in [7, 11) is 1.79. The average Bonchev–Trinajstić information content (AvgIpc) is 2.80. The second-order valence-electron chi connectivity index (χ2n) is 5.83. The molecule has 3 rings (SSSR count). The Labute approximate surface area is 137 Å². The molecule has 122 valence electrons. The van der Waals surface area contributed by atoms with Gasteiger partial charge in [0.15, 0.2) is 0 Å². The largest absolute Gasteiger partial charge is 0.338 e. The van der Waals surface area contributed by atoms with Gasteiger partial charge >= 0.3 is 0 Å². The van der Waals surface area contributed by atoms with Crippen molar-refractivity contribution in [1.29, 1.82) is 0 Å². The second-order valence-corrected chi connectivity index (χ2v) is 5.83. The summed E-state index contributed by atoms with van der Waals surface area (Å²) in [4.78, 5) is 27.1. The zero-order valence-electron chi connectivity index (χ0n) is 13.3. The van der Waals surface area contributed by atoms with Crippen molar-refractivity contribution < 1.29 is 4.79 Å². The van der Waals surface area contributed by atoms with Crippen LogP contribution in [0.25, 0.3) is 0 Å². The summed E-state index contributed by atoms with van der Waals surface area (Å²) >= 11 is 0. The van der Waals surface area contributed by atoms with Gasteiger partial charge in [0.25, 0.3) is 0 Å². The van der Waals surface area contributed by atoms with Crippen molar-refractivity contribution >= 4 is 30.1 Å². The third kappa shape index (κ3) is 3.33. The molecule has 0 atom stereocenters. The summed E-state index contributed by atoms with van der Waals surface area (Å²) in [5.74, 6) is 1.63. The molecule has 1 amide bonds. The van der Waals surface area contributed by atoms with Gasteiger partial charge in [-0.05, 0) is 13.0 Å². The first-order valence-electron chi connectivity index (χ1n) is 7.79. The fraction of sp³-hybridized carbons (Fsp3) is 0.667. The van der Waals surface area contributed by atoms with Crippen LogP contribution in [-0.4, -0.2) is 60.5 Å². The Bertz CT molecular complexity index is 531. The van der Waals surface area contributed by atoms with Crippen molar-refractivity contribution in [3.05, 3.63) is 11.8 Å². The Balaban J connectivity index is 0.00000176. The minimum atomic E-state index is 0. The van der Waals surface area contributed by atoms with E-state index in [1.807, 2.05) is 6.20 Å². The van der Waals surface area contributed by atoms with Crippen LogP contribution in [0.1, 0.15) is 25.3 Å². The van der Waals surface area contributed by atoms with Crippen LogP contribution in [0.4, 0.5) is 11.8 Å². The average molecular weight is 326 g/mol. The first-order chi connectivity index (χ1) is 10.2. The van der Waals surface area contributed by atoms with Gasteiger partial charge in [-0.3, -0.25) is 14.6 Å². The lowest BCUT2D eigenvalue weighted by Crippen LogP contribution is -2.47. The molecule has 0 bridgehead atoms. The molecule has 3 heterocycles. The molecule has 1 aromatic rings. The van der Waals surface area contributed by atoms with Crippen LogP contribution in [0.15, 0.2) is 6.20 Å². The number of hydrogen-bond acceptors (Lipinski definition) is 5. The summed E-state index contributed by atoms with van der Waals surface area (Å²) in [6.07, 6.45) is 4.75. The van der Waals surface area contributed by atoms with Crippen molar-refractivity contribution in [2.45, 2.75) is 26.2 Å². The van der Waals surface area contributed by atoms with E-state index in [-0.39, 0.29) is 18.3 Å². The maximum Gasteiger partial charge on any atom is 0.232 e. The Morgan fingerprint density at radius 1 is 1.23 bits per heavy atom. The molecule has 0 unspecified atom stereocenters. The third-order valence-corrected chi connectivity index (χ3v) is 4.35. The lowest BCUT2D eigenvalue weighted by molar-refractivity contribution is -0.117. The second kappa shape index (κ2) is 7.24. The number of aromatic nitrogens is 2. The number of anilines is 2. The maximum absolute atomic E-state index is 11.7. The van der Waals surface area contributed by atoms with Gasteiger partial charge in [-0.15, -0.1) is 12.4 Å². The van der Waals surface area contributed by atoms with E-state index < -0.39 is 0 Å². The van der Waals surface area contributed by atoms with Gasteiger partial charge < -0.3 is 4.90 Å². The van der Waals surface area contributed by atoms with E-state index in [1.165, 1.54) is 19.4 Å². The highest BCUT2D eigenvalue weighted by molar-refractivity contribution is 5.99. The van der Waals surface area contributed by atoms with Gasteiger partial charge in [0.2, 0.25) is 11.9 Å². The highest BCUT2D eigenvalue weighted by atomic mass is 35.5. The normalized spacial score (nSPS) is 18.4. The number of carbonyl (C=O) groups excluding carboxylic acids is 1. The van der Waals surface area contributed by atoms with Crippen LogP contribution < -0.4 is 9.80 Å². The number of unbranched alkanes of at least 4 members (excludes halogenated alkanes) is 1. The molecule has 1 aromatic heterocycles. The van der Waals surface area contributed by atoms with Crippen molar-refractivity contribution in [1.82, 2.24) is 14.9 Å². The zero-order chi connectivity index (χ0) is 14.8. The summed E-state index contributed by atoms with van der Waals surface area (Å²) in [6.45, 7) is 7.46. The number of nitrogens with zero attached hydrogens (tertiary/aromatic N) is 5. The molecule has 0 saturated carbocycles. The molecular formula is C15H24ClN5O. The third-order valence-electron chi connectivity index (χ3n) is 4.35. The van der Waals surface area contributed by atoms with E-state index in [0.717, 1.165) is 43.5 Å². The van der Waals surface area contributed by atoms with Crippen molar-refractivity contribution in [3.8, 4) is 0 Å². The highest BCUT2D eigenvalue weighted by Gasteiger charge is 2.27. The zero-order valence-corrected chi connectivity index (χ0v) is 14.1. The first kappa shape index (κ1) is 17.0. The number of piperazine rings is 1. The monoisotopic (exact) mass is 325 g/mol. The van der Waals surface area contributed by atoms with Crippen LogP contribution in [0.2, 0.25) is 0 Å². The Morgan fingerprint density at radius 3 is 2.64 bits per heavy atom. The molecule has 0 spiro atoms. The maximum atomic E-state index is 11.7. The molecule has 0 N–H and O–H groups in total. The fourth-order valence-corrected chi connectivity index (χ4v) is 2.91. The quantitative estimate of drug-likeness (QED) is 0.836. The van der Waals surface area contributed by atoms with E-state index >= 15 is 0 Å². The number of rotatable bonds is 4. The number of hydrogen-bond donors (Lipinski definition) is 0. The van der Waals surface area contributed by atoms with E-state index in [1.54, 1.807) is 11.9 Å². The molecule has 2 aliphatic rings. The molecule has 0 radical (unpaired) electrons. The smallest absolute Gasteiger partial charge is 0.232 e. The minimum absolute atomic E-state index is 0. The van der Waals surface area contributed by atoms with E-state index in [9.17, 15) is 4.79 Å². The summed E-state index contributed by atoms with van der Waals surface area (Å²) in [6, 6.07) is 0. The summed E-state index contributed by atoms with van der Waals surface area (Å²) in [5.41, 5.74) is 0.938. The van der Waals surface area contributed by atoms with Crippen LogP contribution in [0.3, 0.4) is 0 Å². The molecule has 0 aromatic carbocycles. The topological polar surface area (TPSA) is 52.6 Å². The molecular weight excluding hydrogens is 302 g/mol. The number of fused-ring (bicyclic) bond motifs is 1.